The molecule has 0 N–H and O–H groups in total. The molecule has 0 unspecified atom stereocenters. The van der Waals surface area contributed by atoms with Gasteiger partial charge in [0.1, 0.15) is 0 Å². The molecule has 0 saturated heterocycles. The molecule has 97 valence electrons. The van der Waals surface area contributed by atoms with Crippen LogP contribution in [0.4, 0.5) is 0 Å². The zero-order chi connectivity index (χ0) is 14.2. The topological polar surface area (TPSA) is 9.23 Å². The minimum absolute atomic E-state index is 0.295. The second-order valence-corrected chi connectivity index (χ2v) is 6.65. The van der Waals surface area contributed by atoms with E-state index in [1.165, 1.54) is 37.5 Å². The van der Waals surface area contributed by atoms with Gasteiger partial charge in [0.2, 0.25) is 10.5 Å². The maximum Gasteiger partial charge on any atom is 0.257 e. The van der Waals surface area contributed by atoms with E-state index in [2.05, 4.69) is 77.2 Å². The van der Waals surface area contributed by atoms with Crippen LogP contribution in [0, 0.1) is 0 Å². The predicted octanol–water partition coefficient (Wildman–Crippen LogP) is 3.49. The van der Waals surface area contributed by atoms with Crippen LogP contribution in [0.3, 0.4) is 0 Å². The normalized spacial score (nSPS) is 11.5. The molecule has 4 aromatic rings. The average molecular weight is 299 g/mol. The summed E-state index contributed by atoms with van der Waals surface area (Å²) in [6.07, 6.45) is 0. The van der Waals surface area contributed by atoms with Gasteiger partial charge < -0.3 is 4.12 Å². The Labute approximate surface area is 129 Å². The van der Waals surface area contributed by atoms with Crippen molar-refractivity contribution >= 4 is 57.8 Å². The van der Waals surface area contributed by atoms with E-state index in [-0.39, 0.29) is 0 Å². The Morgan fingerprint density at radius 2 is 1.43 bits per heavy atom. The van der Waals surface area contributed by atoms with Gasteiger partial charge in [0.15, 0.2) is 0 Å². The summed E-state index contributed by atoms with van der Waals surface area (Å²) in [6.45, 7) is 0. The van der Waals surface area contributed by atoms with Gasteiger partial charge in [0, 0.05) is 0 Å². The lowest BCUT2D eigenvalue weighted by atomic mass is 9.98. The highest BCUT2D eigenvalue weighted by molar-refractivity contribution is 6.55. The highest BCUT2D eigenvalue weighted by Gasteiger charge is 2.07. The Morgan fingerprint density at radius 1 is 0.714 bits per heavy atom. The van der Waals surface area contributed by atoms with E-state index in [1.807, 2.05) is 0 Å². The highest BCUT2D eigenvalue weighted by atomic mass is 28.3. The van der Waals surface area contributed by atoms with Gasteiger partial charge in [-0.1, -0.05) is 54.6 Å². The Kier molecular flexibility index (Phi) is 3.11. The Balaban J connectivity index is 2.18. The van der Waals surface area contributed by atoms with Crippen molar-refractivity contribution in [3.63, 3.8) is 0 Å². The van der Waals surface area contributed by atoms with Crippen LogP contribution in [0.2, 0.25) is 0 Å². The molecule has 0 aromatic heterocycles. The van der Waals surface area contributed by atoms with Gasteiger partial charge in [0.25, 0.3) is 9.76 Å². The van der Waals surface area contributed by atoms with Gasteiger partial charge in [0.05, 0.1) is 0 Å². The first kappa shape index (κ1) is 12.8. The SMILES string of the molecule is [Si]O[Si]c1cccc2ccc3cc4ccccc4cc3c12. The number of benzene rings is 4. The molecular formula is C18H11OSi2. The van der Waals surface area contributed by atoms with Crippen molar-refractivity contribution < 1.29 is 4.12 Å². The molecule has 1 nitrogen and oxygen atoms in total. The van der Waals surface area contributed by atoms with E-state index in [0.29, 0.717) is 9.76 Å². The number of hydrogen-bond donors (Lipinski definition) is 0. The van der Waals surface area contributed by atoms with E-state index < -0.39 is 0 Å². The van der Waals surface area contributed by atoms with Crippen molar-refractivity contribution in [2.75, 3.05) is 0 Å². The number of rotatable bonds is 2. The smallest absolute Gasteiger partial charge is 0.257 e. The van der Waals surface area contributed by atoms with Crippen molar-refractivity contribution in [2.45, 2.75) is 0 Å². The van der Waals surface area contributed by atoms with Crippen LogP contribution >= 0.6 is 0 Å². The molecule has 0 saturated carbocycles. The lowest BCUT2D eigenvalue weighted by Crippen LogP contribution is -2.17. The fraction of sp³-hybridized carbons (Fsp3) is 0. The first-order valence-corrected chi connectivity index (χ1v) is 8.11. The maximum absolute atomic E-state index is 5.21. The lowest BCUT2D eigenvalue weighted by Gasteiger charge is -2.10. The van der Waals surface area contributed by atoms with Crippen molar-refractivity contribution in [2.24, 2.45) is 0 Å². The third kappa shape index (κ3) is 2.10. The zero-order valence-corrected chi connectivity index (χ0v) is 13.3. The molecule has 0 spiro atoms. The molecule has 0 aliphatic heterocycles. The third-order valence-corrected chi connectivity index (χ3v) is 4.93. The second kappa shape index (κ2) is 5.11. The quantitative estimate of drug-likeness (QED) is 0.313. The molecule has 0 heterocycles. The van der Waals surface area contributed by atoms with E-state index in [1.54, 1.807) is 0 Å². The van der Waals surface area contributed by atoms with Crippen molar-refractivity contribution in [1.82, 2.24) is 0 Å². The van der Waals surface area contributed by atoms with Gasteiger partial charge in [-0.3, -0.25) is 0 Å². The fourth-order valence-corrected chi connectivity index (χ4v) is 3.93. The summed E-state index contributed by atoms with van der Waals surface area (Å²) >= 11 is 0. The molecule has 21 heavy (non-hydrogen) atoms. The Hall–Kier alpha value is -1.95. The summed E-state index contributed by atoms with van der Waals surface area (Å²) in [5, 5.41) is 8.88. The van der Waals surface area contributed by atoms with Crippen molar-refractivity contribution in [3.05, 3.63) is 66.7 Å². The van der Waals surface area contributed by atoms with Crippen LogP contribution in [-0.4, -0.2) is 20.2 Å². The monoisotopic (exact) mass is 299 g/mol. The molecule has 0 aliphatic carbocycles. The van der Waals surface area contributed by atoms with E-state index >= 15 is 0 Å². The van der Waals surface area contributed by atoms with Crippen LogP contribution in [-0.2, 0) is 4.12 Å². The molecular weight excluding hydrogens is 288 g/mol. The zero-order valence-electron chi connectivity index (χ0n) is 11.3. The highest BCUT2D eigenvalue weighted by Crippen LogP contribution is 2.28. The summed E-state index contributed by atoms with van der Waals surface area (Å²) in [5.74, 6) is 0. The first-order chi connectivity index (χ1) is 10.4. The molecule has 0 amide bonds. The second-order valence-electron chi connectivity index (χ2n) is 5.09. The van der Waals surface area contributed by atoms with Gasteiger partial charge in [-0.15, -0.1) is 0 Å². The Morgan fingerprint density at radius 3 is 2.24 bits per heavy atom. The van der Waals surface area contributed by atoms with Crippen molar-refractivity contribution in [1.29, 1.82) is 0 Å². The molecule has 0 atom stereocenters. The van der Waals surface area contributed by atoms with Crippen LogP contribution in [0.5, 0.6) is 0 Å². The van der Waals surface area contributed by atoms with Gasteiger partial charge >= 0.3 is 0 Å². The minimum atomic E-state index is 0.295. The molecule has 3 heteroatoms. The number of hydrogen-bond acceptors (Lipinski definition) is 1. The molecule has 4 rings (SSSR count). The summed E-state index contributed by atoms with van der Waals surface area (Å²) in [7, 11) is 3.43. The summed E-state index contributed by atoms with van der Waals surface area (Å²) in [4.78, 5) is 0. The van der Waals surface area contributed by atoms with E-state index in [9.17, 15) is 0 Å². The van der Waals surface area contributed by atoms with Crippen LogP contribution in [0.1, 0.15) is 0 Å². The molecule has 0 bridgehead atoms. The molecule has 4 aromatic carbocycles. The molecule has 5 radical (unpaired) electrons. The number of fused-ring (bicyclic) bond motifs is 4. The largest absolute Gasteiger partial charge is 0.454 e. The summed E-state index contributed by atoms with van der Waals surface area (Å²) in [6, 6.07) is 23.8. The van der Waals surface area contributed by atoms with Crippen molar-refractivity contribution in [3.8, 4) is 0 Å². The van der Waals surface area contributed by atoms with Crippen LogP contribution in [0.25, 0.3) is 32.3 Å². The third-order valence-electron chi connectivity index (χ3n) is 3.89. The summed E-state index contributed by atoms with van der Waals surface area (Å²) in [5.41, 5.74) is 0. The van der Waals surface area contributed by atoms with Gasteiger partial charge in [-0.25, -0.2) is 0 Å². The van der Waals surface area contributed by atoms with Crippen LogP contribution in [0.15, 0.2) is 66.7 Å². The summed E-state index contributed by atoms with van der Waals surface area (Å²) < 4.78 is 5.21. The Bertz CT molecular complexity index is 963. The van der Waals surface area contributed by atoms with E-state index in [4.69, 9.17) is 4.12 Å². The molecule has 0 fully saturated rings. The van der Waals surface area contributed by atoms with E-state index in [0.717, 1.165) is 0 Å². The average Bonchev–Trinajstić information content (AvgIpc) is 2.53. The predicted molar refractivity (Wildman–Crippen MR) is 91.2 cm³/mol. The molecule has 0 aliphatic rings. The first-order valence-electron chi connectivity index (χ1n) is 6.79. The van der Waals surface area contributed by atoms with Crippen LogP contribution < -0.4 is 5.19 Å². The maximum atomic E-state index is 5.21. The minimum Gasteiger partial charge on any atom is -0.454 e. The van der Waals surface area contributed by atoms with Gasteiger partial charge in [-0.05, 0) is 49.6 Å². The lowest BCUT2D eigenvalue weighted by molar-refractivity contribution is 0.677. The standard InChI is InChI=1S/C18H11OSi2/c20-19-21-17-7-3-6-12-8-9-15-10-13-4-1-2-5-14(13)11-16(15)18(12)17/h1-11H. The fourth-order valence-electron chi connectivity index (χ4n) is 2.94. The van der Waals surface area contributed by atoms with Gasteiger partial charge in [-0.2, -0.15) is 0 Å².